The number of hydrogen-bond acceptors (Lipinski definition) is 1. The van der Waals surface area contributed by atoms with Gasteiger partial charge in [0.05, 0.1) is 0 Å². The molecule has 1 aromatic carbocycles. The van der Waals surface area contributed by atoms with Crippen LogP contribution >= 0.6 is 0 Å². The molecule has 2 nitrogen and oxygen atoms in total. The number of carboxylic acid groups (broad SMARTS) is 1. The zero-order valence-electron chi connectivity index (χ0n) is 8.23. The predicted molar refractivity (Wildman–Crippen MR) is 57.1 cm³/mol. The lowest BCUT2D eigenvalue weighted by Crippen LogP contribution is -1.91. The SMILES string of the molecule is C1=Cc2ccccc2CC1.CC(=O)O. The summed E-state index contributed by atoms with van der Waals surface area (Å²) in [7, 11) is 0. The van der Waals surface area contributed by atoms with Crippen LogP contribution in [0.2, 0.25) is 0 Å². The van der Waals surface area contributed by atoms with E-state index >= 15 is 0 Å². The second kappa shape index (κ2) is 5.22. The largest absolute Gasteiger partial charge is 0.481 e. The van der Waals surface area contributed by atoms with Gasteiger partial charge in [-0.3, -0.25) is 4.79 Å². The van der Waals surface area contributed by atoms with Gasteiger partial charge in [0, 0.05) is 6.92 Å². The van der Waals surface area contributed by atoms with Crippen LogP contribution in [0.1, 0.15) is 24.5 Å². The molecular formula is C12H14O2. The maximum Gasteiger partial charge on any atom is 0.300 e. The van der Waals surface area contributed by atoms with Crippen LogP contribution in [0.25, 0.3) is 6.08 Å². The Hall–Kier alpha value is -1.57. The molecule has 0 heterocycles. The molecule has 0 atom stereocenters. The van der Waals surface area contributed by atoms with E-state index < -0.39 is 5.97 Å². The quantitative estimate of drug-likeness (QED) is 0.683. The lowest BCUT2D eigenvalue weighted by molar-refractivity contribution is -0.134. The summed E-state index contributed by atoms with van der Waals surface area (Å²) in [5.41, 5.74) is 2.89. The van der Waals surface area contributed by atoms with Crippen LogP contribution in [-0.4, -0.2) is 11.1 Å². The molecule has 1 N–H and O–H groups in total. The standard InChI is InChI=1S/C10H10.C2H4O2/c1-2-6-10-8-4-3-7-9(10)5-1;1-2(3)4/h1-3,5-7H,4,8H2;1H3,(H,3,4). The van der Waals surface area contributed by atoms with Crippen LogP contribution in [0.5, 0.6) is 0 Å². The molecule has 2 rings (SSSR count). The molecule has 14 heavy (non-hydrogen) atoms. The van der Waals surface area contributed by atoms with E-state index in [0.29, 0.717) is 0 Å². The number of aryl methyl sites for hydroxylation is 1. The second-order valence-corrected chi connectivity index (χ2v) is 3.16. The summed E-state index contributed by atoms with van der Waals surface area (Å²) in [6.45, 7) is 1.08. The van der Waals surface area contributed by atoms with Crippen LogP contribution in [0.15, 0.2) is 30.3 Å². The van der Waals surface area contributed by atoms with Crippen molar-refractivity contribution in [2.75, 3.05) is 0 Å². The molecule has 0 amide bonds. The lowest BCUT2D eigenvalue weighted by atomic mass is 9.98. The fraction of sp³-hybridized carbons (Fsp3) is 0.250. The topological polar surface area (TPSA) is 37.3 Å². The van der Waals surface area contributed by atoms with Crippen molar-refractivity contribution in [3.8, 4) is 0 Å². The number of carboxylic acids is 1. The Labute approximate surface area is 83.9 Å². The number of rotatable bonds is 0. The van der Waals surface area contributed by atoms with Gasteiger partial charge >= 0.3 is 0 Å². The van der Waals surface area contributed by atoms with E-state index in [0.717, 1.165) is 6.92 Å². The first-order valence-electron chi connectivity index (χ1n) is 4.64. The van der Waals surface area contributed by atoms with Gasteiger partial charge in [0.2, 0.25) is 0 Å². The molecule has 0 aromatic heterocycles. The molecule has 1 aliphatic rings. The van der Waals surface area contributed by atoms with Gasteiger partial charge in [0.15, 0.2) is 0 Å². The monoisotopic (exact) mass is 190 g/mol. The molecule has 0 saturated heterocycles. The Kier molecular flexibility index (Phi) is 3.92. The minimum Gasteiger partial charge on any atom is -0.481 e. The summed E-state index contributed by atoms with van der Waals surface area (Å²) < 4.78 is 0. The molecule has 0 unspecified atom stereocenters. The molecule has 0 saturated carbocycles. The van der Waals surface area contributed by atoms with E-state index in [-0.39, 0.29) is 0 Å². The van der Waals surface area contributed by atoms with Crippen molar-refractivity contribution >= 4 is 12.0 Å². The number of hydrogen-bond donors (Lipinski definition) is 1. The Morgan fingerprint density at radius 1 is 1.36 bits per heavy atom. The highest BCUT2D eigenvalue weighted by Gasteiger charge is 2.00. The van der Waals surface area contributed by atoms with Gasteiger partial charge in [-0.1, -0.05) is 36.4 Å². The first kappa shape index (κ1) is 10.5. The Morgan fingerprint density at radius 3 is 2.64 bits per heavy atom. The van der Waals surface area contributed by atoms with Gasteiger partial charge in [0.1, 0.15) is 0 Å². The Balaban J connectivity index is 0.000000213. The molecule has 1 aliphatic carbocycles. The van der Waals surface area contributed by atoms with Crippen molar-refractivity contribution in [1.82, 2.24) is 0 Å². The molecule has 2 heteroatoms. The second-order valence-electron chi connectivity index (χ2n) is 3.16. The summed E-state index contributed by atoms with van der Waals surface area (Å²) in [5, 5.41) is 7.42. The van der Waals surface area contributed by atoms with Crippen LogP contribution < -0.4 is 0 Å². The van der Waals surface area contributed by atoms with Gasteiger partial charge in [-0.15, -0.1) is 0 Å². The molecule has 1 aromatic rings. The third-order valence-corrected chi connectivity index (χ3v) is 1.93. The Morgan fingerprint density at radius 2 is 2.00 bits per heavy atom. The fourth-order valence-corrected chi connectivity index (χ4v) is 1.37. The smallest absolute Gasteiger partial charge is 0.300 e. The average molecular weight is 190 g/mol. The van der Waals surface area contributed by atoms with Crippen LogP contribution in [0.4, 0.5) is 0 Å². The fourth-order valence-electron chi connectivity index (χ4n) is 1.37. The van der Waals surface area contributed by atoms with Gasteiger partial charge in [-0.2, -0.15) is 0 Å². The van der Waals surface area contributed by atoms with Gasteiger partial charge in [-0.05, 0) is 24.0 Å². The van der Waals surface area contributed by atoms with Crippen LogP contribution in [-0.2, 0) is 11.2 Å². The van der Waals surface area contributed by atoms with E-state index in [1.165, 1.54) is 24.0 Å². The summed E-state index contributed by atoms with van der Waals surface area (Å²) >= 11 is 0. The van der Waals surface area contributed by atoms with Crippen LogP contribution in [0.3, 0.4) is 0 Å². The van der Waals surface area contributed by atoms with Crippen molar-refractivity contribution in [2.45, 2.75) is 19.8 Å². The van der Waals surface area contributed by atoms with Gasteiger partial charge in [0.25, 0.3) is 5.97 Å². The third kappa shape index (κ3) is 3.44. The maximum absolute atomic E-state index is 9.00. The lowest BCUT2D eigenvalue weighted by Gasteiger charge is -2.07. The van der Waals surface area contributed by atoms with Gasteiger partial charge < -0.3 is 5.11 Å². The predicted octanol–water partition coefficient (Wildman–Crippen LogP) is 2.74. The highest BCUT2D eigenvalue weighted by Crippen LogP contribution is 2.17. The van der Waals surface area contributed by atoms with Crippen molar-refractivity contribution < 1.29 is 9.90 Å². The first-order chi connectivity index (χ1) is 6.70. The molecule has 0 bridgehead atoms. The zero-order valence-corrected chi connectivity index (χ0v) is 8.23. The summed E-state index contributed by atoms with van der Waals surface area (Å²) in [4.78, 5) is 9.00. The van der Waals surface area contributed by atoms with E-state index in [2.05, 4.69) is 36.4 Å². The van der Waals surface area contributed by atoms with Crippen LogP contribution in [0, 0.1) is 0 Å². The highest BCUT2D eigenvalue weighted by molar-refractivity contribution is 5.63. The summed E-state index contributed by atoms with van der Waals surface area (Å²) in [5.74, 6) is -0.833. The molecule has 0 radical (unpaired) electrons. The summed E-state index contributed by atoms with van der Waals surface area (Å²) in [6.07, 6.45) is 6.87. The van der Waals surface area contributed by atoms with E-state index in [1.54, 1.807) is 0 Å². The van der Waals surface area contributed by atoms with E-state index in [1.807, 2.05) is 0 Å². The Bertz CT molecular complexity index is 336. The molecular weight excluding hydrogens is 176 g/mol. The number of benzene rings is 1. The normalized spacial score (nSPS) is 12.4. The third-order valence-electron chi connectivity index (χ3n) is 1.93. The number of allylic oxidation sites excluding steroid dienone is 1. The highest BCUT2D eigenvalue weighted by atomic mass is 16.4. The maximum atomic E-state index is 9.00. The number of aliphatic carboxylic acids is 1. The minimum atomic E-state index is -0.833. The van der Waals surface area contributed by atoms with Gasteiger partial charge in [-0.25, -0.2) is 0 Å². The van der Waals surface area contributed by atoms with Crippen molar-refractivity contribution in [2.24, 2.45) is 0 Å². The molecule has 74 valence electrons. The van der Waals surface area contributed by atoms with E-state index in [4.69, 9.17) is 9.90 Å². The minimum absolute atomic E-state index is 0.833. The van der Waals surface area contributed by atoms with E-state index in [9.17, 15) is 0 Å². The summed E-state index contributed by atoms with van der Waals surface area (Å²) in [6, 6.07) is 8.58. The molecule has 0 aliphatic heterocycles. The number of carbonyl (C=O) groups is 1. The molecule has 0 fully saturated rings. The number of fused-ring (bicyclic) bond motifs is 1. The van der Waals surface area contributed by atoms with Crippen molar-refractivity contribution in [3.05, 3.63) is 41.5 Å². The van der Waals surface area contributed by atoms with Crippen molar-refractivity contribution in [1.29, 1.82) is 0 Å². The first-order valence-corrected chi connectivity index (χ1v) is 4.64. The zero-order chi connectivity index (χ0) is 10.4. The molecule has 0 spiro atoms. The van der Waals surface area contributed by atoms with Crippen molar-refractivity contribution in [3.63, 3.8) is 0 Å². The average Bonchev–Trinajstić information content (AvgIpc) is 2.17.